The average Bonchev–Trinajstić information content (AvgIpc) is 2.39. The highest BCUT2D eigenvalue weighted by Crippen LogP contribution is 2.37. The molecule has 2 rings (SSSR count). The van der Waals surface area contributed by atoms with Crippen LogP contribution in [-0.4, -0.2) is 5.54 Å². The van der Waals surface area contributed by atoms with Crippen LogP contribution in [0.5, 0.6) is 0 Å². The lowest BCUT2D eigenvalue weighted by Gasteiger charge is -2.40. The van der Waals surface area contributed by atoms with Gasteiger partial charge in [0.25, 0.3) is 0 Å². The summed E-state index contributed by atoms with van der Waals surface area (Å²) in [5, 5.41) is 3.88. The minimum atomic E-state index is 0.245. The van der Waals surface area contributed by atoms with E-state index in [4.69, 9.17) is 0 Å². The van der Waals surface area contributed by atoms with Crippen LogP contribution in [0.3, 0.4) is 0 Å². The summed E-state index contributed by atoms with van der Waals surface area (Å²) in [7, 11) is 0. The molecule has 0 radical (unpaired) electrons. The maximum absolute atomic E-state index is 4.14. The minimum Gasteiger partial charge on any atom is -0.379 e. The average molecular weight is 257 g/mol. The number of para-hydroxylation sites is 1. The molecular weight excluding hydrogens is 230 g/mol. The van der Waals surface area contributed by atoms with E-state index in [1.54, 1.807) is 0 Å². The van der Waals surface area contributed by atoms with Crippen molar-refractivity contribution in [1.29, 1.82) is 0 Å². The lowest BCUT2D eigenvalue weighted by Crippen LogP contribution is -2.40. The van der Waals surface area contributed by atoms with Gasteiger partial charge in [-0.2, -0.15) is 0 Å². The van der Waals surface area contributed by atoms with Gasteiger partial charge in [0, 0.05) is 11.2 Å². The van der Waals surface area contributed by atoms with Crippen molar-refractivity contribution in [2.24, 2.45) is 0 Å². The second-order valence-electron chi connectivity index (χ2n) is 6.11. The van der Waals surface area contributed by atoms with Gasteiger partial charge in [0.15, 0.2) is 0 Å². The third kappa shape index (κ3) is 3.62. The molecule has 0 heterocycles. The van der Waals surface area contributed by atoms with E-state index in [1.165, 1.54) is 48.9 Å². The van der Waals surface area contributed by atoms with Gasteiger partial charge >= 0.3 is 0 Å². The van der Waals surface area contributed by atoms with Crippen LogP contribution in [0.2, 0.25) is 0 Å². The summed E-state index contributed by atoms with van der Waals surface area (Å²) in [5.74, 6) is 0. The Bertz CT molecular complexity index is 427. The molecule has 104 valence electrons. The van der Waals surface area contributed by atoms with Crippen LogP contribution in [0.1, 0.15) is 57.9 Å². The van der Waals surface area contributed by atoms with Gasteiger partial charge in [-0.05, 0) is 44.2 Å². The van der Waals surface area contributed by atoms with Crippen LogP contribution >= 0.6 is 0 Å². The Kier molecular flexibility index (Phi) is 4.68. The van der Waals surface area contributed by atoms with E-state index in [0.29, 0.717) is 0 Å². The van der Waals surface area contributed by atoms with Crippen LogP contribution < -0.4 is 5.32 Å². The standard InChI is InChI=1S/C18H27N/c1-4-16-10-6-7-11-17(16)19-18(14-15(2)3)12-8-5-9-13-18/h6-7,10-11,19H,2,4-5,8-9,12-14H2,1,3H3. The zero-order valence-corrected chi connectivity index (χ0v) is 12.5. The fourth-order valence-corrected chi connectivity index (χ4v) is 3.39. The molecule has 1 aromatic carbocycles. The van der Waals surface area contributed by atoms with E-state index in [0.717, 1.165) is 12.8 Å². The van der Waals surface area contributed by atoms with Crippen molar-refractivity contribution in [3.63, 3.8) is 0 Å². The van der Waals surface area contributed by atoms with Crippen molar-refractivity contribution >= 4 is 5.69 Å². The molecule has 0 aliphatic heterocycles. The molecule has 1 aromatic rings. The molecule has 0 atom stereocenters. The number of rotatable bonds is 5. The minimum absolute atomic E-state index is 0.245. The summed E-state index contributed by atoms with van der Waals surface area (Å²) in [6.07, 6.45) is 8.81. The molecule has 0 aromatic heterocycles. The van der Waals surface area contributed by atoms with E-state index in [1.807, 2.05) is 0 Å². The Labute approximate surface area is 118 Å². The van der Waals surface area contributed by atoms with Crippen LogP contribution in [0.15, 0.2) is 36.4 Å². The number of anilines is 1. The van der Waals surface area contributed by atoms with Crippen molar-refractivity contribution < 1.29 is 0 Å². The first-order valence-electron chi connectivity index (χ1n) is 7.66. The van der Waals surface area contributed by atoms with Gasteiger partial charge in [-0.25, -0.2) is 0 Å². The van der Waals surface area contributed by atoms with E-state index >= 15 is 0 Å². The highest BCUT2D eigenvalue weighted by Gasteiger charge is 2.32. The van der Waals surface area contributed by atoms with Gasteiger partial charge in [-0.1, -0.05) is 50.0 Å². The number of benzene rings is 1. The SMILES string of the molecule is C=C(C)CC1(Nc2ccccc2CC)CCCCC1. The molecule has 0 saturated heterocycles. The number of aryl methyl sites for hydroxylation is 1. The van der Waals surface area contributed by atoms with Gasteiger partial charge in [-0.3, -0.25) is 0 Å². The highest BCUT2D eigenvalue weighted by molar-refractivity contribution is 5.53. The summed E-state index contributed by atoms with van der Waals surface area (Å²) in [4.78, 5) is 0. The summed E-state index contributed by atoms with van der Waals surface area (Å²) in [5.41, 5.74) is 4.29. The zero-order chi connectivity index (χ0) is 13.7. The Hall–Kier alpha value is -1.24. The van der Waals surface area contributed by atoms with Crippen molar-refractivity contribution in [3.05, 3.63) is 42.0 Å². The molecule has 0 amide bonds. The first-order chi connectivity index (χ1) is 9.15. The Morgan fingerprint density at radius 3 is 2.53 bits per heavy atom. The maximum atomic E-state index is 4.14. The normalized spacial score (nSPS) is 18.0. The fourth-order valence-electron chi connectivity index (χ4n) is 3.39. The second-order valence-corrected chi connectivity index (χ2v) is 6.11. The molecule has 0 bridgehead atoms. The van der Waals surface area contributed by atoms with Crippen molar-refractivity contribution in [1.82, 2.24) is 0 Å². The van der Waals surface area contributed by atoms with Gasteiger partial charge in [0.05, 0.1) is 0 Å². The summed E-state index contributed by atoms with van der Waals surface area (Å²) >= 11 is 0. The predicted molar refractivity (Wildman–Crippen MR) is 84.7 cm³/mol. The maximum Gasteiger partial charge on any atom is 0.0410 e. The third-order valence-electron chi connectivity index (χ3n) is 4.25. The molecule has 0 spiro atoms. The van der Waals surface area contributed by atoms with Crippen LogP contribution in [0, 0.1) is 0 Å². The molecular formula is C18H27N. The quantitative estimate of drug-likeness (QED) is 0.703. The third-order valence-corrected chi connectivity index (χ3v) is 4.25. The smallest absolute Gasteiger partial charge is 0.0410 e. The monoisotopic (exact) mass is 257 g/mol. The summed E-state index contributed by atoms with van der Waals surface area (Å²) < 4.78 is 0. The van der Waals surface area contributed by atoms with E-state index in [2.05, 4.69) is 50.0 Å². The van der Waals surface area contributed by atoms with Crippen LogP contribution in [0.4, 0.5) is 5.69 Å². The molecule has 0 unspecified atom stereocenters. The lowest BCUT2D eigenvalue weighted by molar-refractivity contribution is 0.321. The molecule has 1 N–H and O–H groups in total. The van der Waals surface area contributed by atoms with Crippen molar-refractivity contribution in [2.75, 3.05) is 5.32 Å². The van der Waals surface area contributed by atoms with Gasteiger partial charge in [0.1, 0.15) is 0 Å². The van der Waals surface area contributed by atoms with Crippen LogP contribution in [0.25, 0.3) is 0 Å². The van der Waals surface area contributed by atoms with E-state index < -0.39 is 0 Å². The van der Waals surface area contributed by atoms with Gasteiger partial charge < -0.3 is 5.32 Å². The Morgan fingerprint density at radius 1 is 1.21 bits per heavy atom. The van der Waals surface area contributed by atoms with Gasteiger partial charge in [-0.15, -0.1) is 6.58 Å². The summed E-state index contributed by atoms with van der Waals surface area (Å²) in [6, 6.07) is 8.74. The first-order valence-corrected chi connectivity index (χ1v) is 7.66. The number of nitrogens with one attached hydrogen (secondary N) is 1. The fraction of sp³-hybridized carbons (Fsp3) is 0.556. The molecule has 1 heteroatoms. The number of hydrogen-bond acceptors (Lipinski definition) is 1. The highest BCUT2D eigenvalue weighted by atomic mass is 15.0. The molecule has 1 saturated carbocycles. The Morgan fingerprint density at radius 2 is 1.89 bits per heavy atom. The molecule has 1 aliphatic rings. The van der Waals surface area contributed by atoms with E-state index in [9.17, 15) is 0 Å². The molecule has 1 nitrogen and oxygen atoms in total. The Balaban J connectivity index is 2.21. The summed E-state index contributed by atoms with van der Waals surface area (Å²) in [6.45, 7) is 8.52. The largest absolute Gasteiger partial charge is 0.379 e. The van der Waals surface area contributed by atoms with Crippen LogP contribution in [-0.2, 0) is 6.42 Å². The zero-order valence-electron chi connectivity index (χ0n) is 12.5. The van der Waals surface area contributed by atoms with E-state index in [-0.39, 0.29) is 5.54 Å². The first kappa shape index (κ1) is 14.2. The second kappa shape index (κ2) is 6.27. The molecule has 1 aliphatic carbocycles. The number of hydrogen-bond donors (Lipinski definition) is 1. The van der Waals surface area contributed by atoms with Crippen molar-refractivity contribution in [2.45, 2.75) is 64.3 Å². The topological polar surface area (TPSA) is 12.0 Å². The molecule has 1 fully saturated rings. The molecule has 19 heavy (non-hydrogen) atoms. The van der Waals surface area contributed by atoms with Gasteiger partial charge in [0.2, 0.25) is 0 Å². The lowest BCUT2D eigenvalue weighted by atomic mass is 9.77. The predicted octanol–water partition coefficient (Wildman–Crippen LogP) is 5.33. The van der Waals surface area contributed by atoms with Crippen molar-refractivity contribution in [3.8, 4) is 0 Å².